The summed E-state index contributed by atoms with van der Waals surface area (Å²) < 4.78 is 1.91. The maximum atomic E-state index is 4.31. The zero-order chi connectivity index (χ0) is 14.1. The van der Waals surface area contributed by atoms with E-state index < -0.39 is 0 Å². The molecule has 1 aromatic rings. The second kappa shape index (κ2) is 5.86. The predicted molar refractivity (Wildman–Crippen MR) is 81.4 cm³/mol. The lowest BCUT2D eigenvalue weighted by Gasteiger charge is -2.43. The van der Waals surface area contributed by atoms with Crippen molar-refractivity contribution in [2.75, 3.05) is 13.1 Å². The molecule has 20 heavy (non-hydrogen) atoms. The van der Waals surface area contributed by atoms with E-state index in [1.807, 2.05) is 17.9 Å². The Morgan fingerprint density at radius 3 is 2.85 bits per heavy atom. The van der Waals surface area contributed by atoms with Crippen molar-refractivity contribution in [3.63, 3.8) is 0 Å². The first-order chi connectivity index (χ1) is 9.67. The molecule has 0 spiro atoms. The lowest BCUT2D eigenvalue weighted by molar-refractivity contribution is 0.0787. The lowest BCUT2D eigenvalue weighted by atomic mass is 9.93. The molecule has 3 atom stereocenters. The van der Waals surface area contributed by atoms with Crippen molar-refractivity contribution >= 4 is 0 Å². The molecule has 1 saturated heterocycles. The van der Waals surface area contributed by atoms with E-state index in [-0.39, 0.29) is 0 Å². The van der Waals surface area contributed by atoms with Crippen LogP contribution in [0.25, 0.3) is 0 Å². The monoisotopic (exact) mass is 276 g/mol. The summed E-state index contributed by atoms with van der Waals surface area (Å²) in [5.74, 6) is 1.68. The van der Waals surface area contributed by atoms with Crippen LogP contribution in [0.3, 0.4) is 0 Å². The third kappa shape index (κ3) is 3.07. The van der Waals surface area contributed by atoms with Crippen LogP contribution < -0.4 is 5.32 Å². The van der Waals surface area contributed by atoms with E-state index in [2.05, 4.69) is 35.4 Å². The van der Waals surface area contributed by atoms with Gasteiger partial charge in [0.25, 0.3) is 0 Å². The first kappa shape index (κ1) is 14.1. The SMILES string of the molecule is CCC(C)C1CNC(C2CC2)CN1Cc1cnn(C)c1. The van der Waals surface area contributed by atoms with Gasteiger partial charge < -0.3 is 5.32 Å². The standard InChI is InChI=1S/C16H28N4/c1-4-12(2)16-8-17-15(14-5-6-14)11-20(16)10-13-7-18-19(3)9-13/h7,9,12,14-17H,4-6,8,10-11H2,1-3H3. The van der Waals surface area contributed by atoms with Gasteiger partial charge in [0.05, 0.1) is 6.20 Å². The van der Waals surface area contributed by atoms with Crippen LogP contribution in [0, 0.1) is 11.8 Å². The van der Waals surface area contributed by atoms with Crippen molar-refractivity contribution in [3.05, 3.63) is 18.0 Å². The molecule has 2 heterocycles. The largest absolute Gasteiger partial charge is 0.311 e. The summed E-state index contributed by atoms with van der Waals surface area (Å²) in [6, 6.07) is 1.38. The van der Waals surface area contributed by atoms with Crippen LogP contribution in [-0.4, -0.2) is 39.9 Å². The molecule has 4 heteroatoms. The number of hydrogen-bond acceptors (Lipinski definition) is 3. The van der Waals surface area contributed by atoms with Crippen LogP contribution in [0.15, 0.2) is 12.4 Å². The predicted octanol–water partition coefficient (Wildman–Crippen LogP) is 2.02. The normalized spacial score (nSPS) is 29.6. The highest BCUT2D eigenvalue weighted by atomic mass is 15.3. The molecule has 1 aliphatic carbocycles. The van der Waals surface area contributed by atoms with Crippen molar-refractivity contribution in [2.24, 2.45) is 18.9 Å². The Kier molecular flexibility index (Phi) is 4.13. The molecule has 2 fully saturated rings. The van der Waals surface area contributed by atoms with Crippen LogP contribution in [-0.2, 0) is 13.6 Å². The number of rotatable bonds is 5. The summed E-state index contributed by atoms with van der Waals surface area (Å²) in [5.41, 5.74) is 1.34. The van der Waals surface area contributed by atoms with Gasteiger partial charge in [-0.1, -0.05) is 20.3 Å². The van der Waals surface area contributed by atoms with Crippen LogP contribution in [0.5, 0.6) is 0 Å². The van der Waals surface area contributed by atoms with Crippen molar-refractivity contribution in [3.8, 4) is 0 Å². The van der Waals surface area contributed by atoms with E-state index >= 15 is 0 Å². The first-order valence-electron chi connectivity index (χ1n) is 8.12. The minimum atomic E-state index is 0.662. The van der Waals surface area contributed by atoms with Crippen LogP contribution in [0.2, 0.25) is 0 Å². The highest BCUT2D eigenvalue weighted by Gasteiger charge is 2.38. The van der Waals surface area contributed by atoms with Crippen molar-refractivity contribution in [1.82, 2.24) is 20.0 Å². The summed E-state index contributed by atoms with van der Waals surface area (Å²) >= 11 is 0. The molecule has 3 rings (SSSR count). The molecule has 1 aromatic heterocycles. The van der Waals surface area contributed by atoms with E-state index in [0.717, 1.165) is 24.9 Å². The topological polar surface area (TPSA) is 33.1 Å². The zero-order valence-electron chi connectivity index (χ0n) is 13.0. The maximum Gasteiger partial charge on any atom is 0.0534 e. The van der Waals surface area contributed by atoms with E-state index in [0.29, 0.717) is 12.1 Å². The van der Waals surface area contributed by atoms with Gasteiger partial charge in [0.15, 0.2) is 0 Å². The zero-order valence-corrected chi connectivity index (χ0v) is 13.0. The van der Waals surface area contributed by atoms with Crippen molar-refractivity contribution < 1.29 is 0 Å². The highest BCUT2D eigenvalue weighted by Crippen LogP contribution is 2.35. The van der Waals surface area contributed by atoms with E-state index in [1.54, 1.807) is 0 Å². The van der Waals surface area contributed by atoms with Crippen LogP contribution in [0.1, 0.15) is 38.7 Å². The summed E-state index contributed by atoms with van der Waals surface area (Å²) in [6.07, 6.45) is 8.27. The molecule has 4 nitrogen and oxygen atoms in total. The number of nitrogens with one attached hydrogen (secondary N) is 1. The number of piperazine rings is 1. The molecule has 0 bridgehead atoms. The Balaban J connectivity index is 1.69. The van der Waals surface area contributed by atoms with Gasteiger partial charge in [-0.3, -0.25) is 9.58 Å². The third-order valence-corrected chi connectivity index (χ3v) is 5.13. The lowest BCUT2D eigenvalue weighted by Crippen LogP contribution is -2.58. The smallest absolute Gasteiger partial charge is 0.0534 e. The van der Waals surface area contributed by atoms with E-state index in [4.69, 9.17) is 0 Å². The molecule has 3 unspecified atom stereocenters. The highest BCUT2D eigenvalue weighted by molar-refractivity contribution is 5.06. The van der Waals surface area contributed by atoms with Crippen molar-refractivity contribution in [2.45, 2.75) is 51.7 Å². The second-order valence-electron chi connectivity index (χ2n) is 6.76. The molecule has 0 aromatic carbocycles. The molecule has 0 radical (unpaired) electrons. The van der Waals surface area contributed by atoms with E-state index in [1.165, 1.54) is 31.4 Å². The number of nitrogens with zero attached hydrogens (tertiary/aromatic N) is 3. The van der Waals surface area contributed by atoms with Crippen LogP contribution >= 0.6 is 0 Å². The molecule has 1 aliphatic heterocycles. The first-order valence-corrected chi connectivity index (χ1v) is 8.12. The number of aromatic nitrogens is 2. The molecule has 1 saturated carbocycles. The van der Waals surface area contributed by atoms with Crippen molar-refractivity contribution in [1.29, 1.82) is 0 Å². The fourth-order valence-corrected chi connectivity index (χ4v) is 3.47. The van der Waals surface area contributed by atoms with Gasteiger partial charge in [0, 0.05) is 50.5 Å². The Morgan fingerprint density at radius 2 is 2.25 bits per heavy atom. The Labute approximate surface area is 122 Å². The average molecular weight is 276 g/mol. The van der Waals surface area contributed by atoms with Gasteiger partial charge >= 0.3 is 0 Å². The fourth-order valence-electron chi connectivity index (χ4n) is 3.47. The van der Waals surface area contributed by atoms with Gasteiger partial charge in [-0.25, -0.2) is 0 Å². The Bertz CT molecular complexity index is 437. The minimum absolute atomic E-state index is 0.662. The average Bonchev–Trinajstić information content (AvgIpc) is 3.22. The second-order valence-corrected chi connectivity index (χ2v) is 6.76. The Hall–Kier alpha value is -0.870. The maximum absolute atomic E-state index is 4.31. The minimum Gasteiger partial charge on any atom is -0.311 e. The molecular formula is C16H28N4. The van der Waals surface area contributed by atoms with Gasteiger partial charge in [-0.05, 0) is 24.7 Å². The molecule has 2 aliphatic rings. The molecule has 1 N–H and O–H groups in total. The van der Waals surface area contributed by atoms with Crippen LogP contribution in [0.4, 0.5) is 0 Å². The van der Waals surface area contributed by atoms with Gasteiger partial charge in [0.1, 0.15) is 0 Å². The summed E-state index contributed by atoms with van der Waals surface area (Å²) in [4.78, 5) is 2.70. The van der Waals surface area contributed by atoms with Gasteiger partial charge in [-0.2, -0.15) is 5.10 Å². The molecule has 112 valence electrons. The summed E-state index contributed by atoms with van der Waals surface area (Å²) in [5, 5.41) is 8.12. The third-order valence-electron chi connectivity index (χ3n) is 5.13. The Morgan fingerprint density at radius 1 is 1.45 bits per heavy atom. The summed E-state index contributed by atoms with van der Waals surface area (Å²) in [6.45, 7) is 8.10. The van der Waals surface area contributed by atoms with E-state index in [9.17, 15) is 0 Å². The number of aryl methyl sites for hydroxylation is 1. The fraction of sp³-hybridized carbons (Fsp3) is 0.812. The summed E-state index contributed by atoms with van der Waals surface area (Å²) in [7, 11) is 2.00. The van der Waals surface area contributed by atoms with Gasteiger partial charge in [0.2, 0.25) is 0 Å². The molecule has 0 amide bonds. The molecular weight excluding hydrogens is 248 g/mol. The van der Waals surface area contributed by atoms with Gasteiger partial charge in [-0.15, -0.1) is 0 Å². The number of hydrogen-bond donors (Lipinski definition) is 1. The quantitative estimate of drug-likeness (QED) is 0.893.